The van der Waals surface area contributed by atoms with E-state index in [9.17, 15) is 0 Å². The smallest absolute Gasteiger partial charge is 0.172 e. The van der Waals surface area contributed by atoms with E-state index in [-0.39, 0.29) is 10.8 Å². The summed E-state index contributed by atoms with van der Waals surface area (Å²) in [7, 11) is 0. The van der Waals surface area contributed by atoms with Crippen LogP contribution in [0, 0.1) is 6.07 Å². The van der Waals surface area contributed by atoms with E-state index < -0.39 is 0 Å². The molecule has 4 aromatic carbocycles. The number of benzene rings is 3. The Morgan fingerprint density at radius 1 is 0.771 bits per heavy atom. The first-order valence-electron chi connectivity index (χ1n) is 12.4. The van der Waals surface area contributed by atoms with E-state index in [1.807, 2.05) is 36.4 Å². The molecule has 1 aliphatic rings. The molecule has 0 nitrogen and oxygen atoms in total. The minimum Gasteiger partial charge on any atom is -0.214 e. The summed E-state index contributed by atoms with van der Waals surface area (Å²) in [5, 5.41) is 0. The van der Waals surface area contributed by atoms with Gasteiger partial charge in [-0.05, 0) is 28.4 Å². The maximum absolute atomic E-state index is 3.67. The third kappa shape index (κ3) is 7.61. The van der Waals surface area contributed by atoms with E-state index in [2.05, 4.69) is 109 Å². The van der Waals surface area contributed by atoms with Gasteiger partial charge < -0.3 is 0 Å². The molecule has 0 aliphatic heterocycles. The van der Waals surface area contributed by atoms with Crippen molar-refractivity contribution in [1.29, 1.82) is 0 Å². The first-order chi connectivity index (χ1) is 16.5. The molecule has 1 heteroatoms. The molecule has 1 aliphatic carbocycles. The summed E-state index contributed by atoms with van der Waals surface area (Å²) in [4.78, 5) is 0. The topological polar surface area (TPSA) is 0 Å². The zero-order valence-corrected chi connectivity index (χ0v) is 26.0. The molecule has 35 heavy (non-hydrogen) atoms. The molecule has 0 spiro atoms. The summed E-state index contributed by atoms with van der Waals surface area (Å²) in [5.74, 6) is 0. The zero-order valence-electron chi connectivity index (χ0n) is 22.4. The van der Waals surface area contributed by atoms with E-state index >= 15 is 0 Å². The molecular weight excluding hydrogens is 587 g/mol. The molecule has 0 bridgehead atoms. The van der Waals surface area contributed by atoms with Crippen molar-refractivity contribution in [3.63, 3.8) is 0 Å². The van der Waals surface area contributed by atoms with Crippen LogP contribution in [-0.2, 0) is 41.1 Å². The van der Waals surface area contributed by atoms with Gasteiger partial charge >= 0.3 is 70.0 Å². The van der Waals surface area contributed by atoms with Crippen LogP contribution in [0.25, 0.3) is 11.1 Å². The summed E-state index contributed by atoms with van der Waals surface area (Å²) >= 11 is 1.17. The number of fused-ring (bicyclic) bond motifs is 3. The van der Waals surface area contributed by atoms with Gasteiger partial charge in [-0.25, -0.2) is 12.1 Å². The Balaban J connectivity index is 0.000000199. The second kappa shape index (κ2) is 11.7. The van der Waals surface area contributed by atoms with Crippen molar-refractivity contribution >= 4 is 3.26 Å². The Morgan fingerprint density at radius 2 is 1.40 bits per heavy atom. The van der Waals surface area contributed by atoms with Crippen LogP contribution < -0.4 is 0 Å². The first-order valence-corrected chi connectivity index (χ1v) is 14.2. The van der Waals surface area contributed by atoms with Crippen molar-refractivity contribution in [1.82, 2.24) is 0 Å². The Morgan fingerprint density at radius 3 is 1.89 bits per heavy atom. The molecule has 0 atom stereocenters. The van der Waals surface area contributed by atoms with Gasteiger partial charge in [0.25, 0.3) is 0 Å². The van der Waals surface area contributed by atoms with Crippen LogP contribution >= 0.6 is 0 Å². The van der Waals surface area contributed by atoms with Crippen molar-refractivity contribution in [3.8, 4) is 11.1 Å². The second-order valence-electron chi connectivity index (χ2n) is 11.3. The summed E-state index contributed by atoms with van der Waals surface area (Å²) in [6, 6.07) is 35.7. The minimum absolute atomic E-state index is 0.167. The minimum atomic E-state index is 0.167. The fourth-order valence-corrected chi connectivity index (χ4v) is 4.64. The van der Waals surface area contributed by atoms with Crippen molar-refractivity contribution in [3.05, 3.63) is 125 Å². The number of rotatable bonds is 1. The summed E-state index contributed by atoms with van der Waals surface area (Å²) in [6.45, 7) is 15.8. The van der Waals surface area contributed by atoms with Gasteiger partial charge in [-0.1, -0.05) is 65.3 Å². The van der Waals surface area contributed by atoms with E-state index in [0.29, 0.717) is 0 Å². The van der Waals surface area contributed by atoms with Crippen LogP contribution in [0.4, 0.5) is 0 Å². The fourth-order valence-electron chi connectivity index (χ4n) is 4.04. The van der Waals surface area contributed by atoms with Crippen molar-refractivity contribution in [2.75, 3.05) is 0 Å². The Hall–Kier alpha value is -2.25. The van der Waals surface area contributed by atoms with Crippen LogP contribution in [-0.4, -0.2) is 3.26 Å². The maximum Gasteiger partial charge on any atom is -0.172 e. The van der Waals surface area contributed by atoms with Gasteiger partial charge in [-0.15, -0.1) is 11.1 Å². The Labute approximate surface area is 227 Å². The third-order valence-corrected chi connectivity index (χ3v) is 7.26. The van der Waals surface area contributed by atoms with Gasteiger partial charge in [-0.3, -0.25) is 0 Å². The molecule has 0 radical (unpaired) electrons. The van der Waals surface area contributed by atoms with Crippen LogP contribution in [0.1, 0.15) is 76.3 Å². The van der Waals surface area contributed by atoms with Crippen molar-refractivity contribution in [2.24, 2.45) is 0 Å². The average molecular weight is 625 g/mol. The quantitative estimate of drug-likeness (QED) is 0.129. The van der Waals surface area contributed by atoms with Gasteiger partial charge in [0, 0.05) is 0 Å². The Kier molecular flexibility index (Phi) is 9.11. The monoisotopic (exact) mass is 626 g/mol. The van der Waals surface area contributed by atoms with Gasteiger partial charge in [-0.2, -0.15) is 42.0 Å². The number of hydrogen-bond donors (Lipinski definition) is 0. The molecule has 178 valence electrons. The predicted molar refractivity (Wildman–Crippen MR) is 149 cm³/mol. The van der Waals surface area contributed by atoms with Gasteiger partial charge in [0.15, 0.2) is 0 Å². The normalized spacial score (nSPS) is 11.9. The second-order valence-corrected chi connectivity index (χ2v) is 14.0. The van der Waals surface area contributed by atoms with Crippen molar-refractivity contribution in [2.45, 2.75) is 65.7 Å². The van der Waals surface area contributed by atoms with Gasteiger partial charge in [0.2, 0.25) is 0 Å². The number of hydrogen-bond acceptors (Lipinski definition) is 0. The van der Waals surface area contributed by atoms with E-state index in [1.165, 1.54) is 66.1 Å². The first kappa shape index (κ1) is 27.3. The molecule has 5 rings (SSSR count). The van der Waals surface area contributed by atoms with Crippen molar-refractivity contribution < 1.29 is 23.9 Å². The largest absolute Gasteiger partial charge is 0.214 e. The summed E-state index contributed by atoms with van der Waals surface area (Å²) in [6.07, 6.45) is 1.03. The van der Waals surface area contributed by atoms with Gasteiger partial charge in [0.1, 0.15) is 0 Å². The molecule has 0 fully saturated rings. The van der Waals surface area contributed by atoms with E-state index in [1.54, 1.807) is 0 Å². The molecule has 0 aromatic heterocycles. The molecule has 0 amide bonds. The molecule has 0 saturated carbocycles. The Bertz CT molecular complexity index is 1150. The molecule has 0 heterocycles. The fraction of sp³-hybridized carbons (Fsp3) is 0.294. The van der Waals surface area contributed by atoms with Crippen LogP contribution in [0.3, 0.4) is 0 Å². The molecule has 0 N–H and O–H groups in total. The molecular formula is C34H38Hf. The third-order valence-electron chi connectivity index (χ3n) is 6.23. The van der Waals surface area contributed by atoms with Crippen LogP contribution in [0.5, 0.6) is 0 Å². The molecule has 0 unspecified atom stereocenters. The SMILES string of the molecule is CC(C)(C)c1[c-]c2c(cc1)-c1ccc(C(C)(C)C)cc1C2.C[C](=[Hf+2])c1ccccc1.c1cc[cH-]c1. The molecule has 4 aromatic rings. The average Bonchev–Trinajstić information content (AvgIpc) is 3.49. The van der Waals surface area contributed by atoms with Crippen LogP contribution in [0.15, 0.2) is 91.0 Å². The summed E-state index contributed by atoms with van der Waals surface area (Å²) in [5.41, 5.74) is 10.1. The standard InChI is InChI=1S/C21H25.C8H8.C5H5.Hf/c1-20(2,3)16-7-9-18-14(12-16)11-15-13-17(21(4,5)6)8-10-19(15)18;1-2-8-6-4-3-5-7-8;1-2-4-5-3-1;/h7-10,12H,11H2,1-6H3;3-7H,1H3;1-5H;/q-1;;-1;+2. The van der Waals surface area contributed by atoms with E-state index in [4.69, 9.17) is 0 Å². The van der Waals surface area contributed by atoms with E-state index in [0.717, 1.165) is 6.42 Å². The van der Waals surface area contributed by atoms with Gasteiger partial charge in [0.05, 0.1) is 0 Å². The molecule has 0 saturated heterocycles. The maximum atomic E-state index is 3.67. The predicted octanol–water partition coefficient (Wildman–Crippen LogP) is 8.83. The summed E-state index contributed by atoms with van der Waals surface area (Å²) < 4.78 is 1.51. The van der Waals surface area contributed by atoms with Crippen LogP contribution in [0.2, 0.25) is 0 Å². The zero-order chi connectivity index (χ0) is 25.6.